The van der Waals surface area contributed by atoms with Gasteiger partial charge in [0.2, 0.25) is 0 Å². The van der Waals surface area contributed by atoms with Crippen molar-refractivity contribution in [1.82, 2.24) is 0 Å². The monoisotopic (exact) mass is 245 g/mol. The number of amides is 1. The van der Waals surface area contributed by atoms with E-state index in [1.54, 1.807) is 0 Å². The minimum Gasteiger partial charge on any atom is -0.378 e. The second kappa shape index (κ2) is 2.78. The number of aliphatic hydroxyl groups is 1. The summed E-state index contributed by atoms with van der Waals surface area (Å²) < 4.78 is 13.6. The molecule has 68 valence electrons. The summed E-state index contributed by atoms with van der Waals surface area (Å²) in [5.41, 5.74) is 0.345. The Morgan fingerprint density at radius 3 is 2.92 bits per heavy atom. The number of hydrogen-bond donors (Lipinski definition) is 2. The van der Waals surface area contributed by atoms with Crippen molar-refractivity contribution in [2.24, 2.45) is 0 Å². The number of aliphatic hydroxyl groups excluding tert-OH is 1. The molecule has 5 heteroatoms. The Kier molecular flexibility index (Phi) is 1.85. The summed E-state index contributed by atoms with van der Waals surface area (Å²) in [6.07, 6.45) is -1.26. The van der Waals surface area contributed by atoms with Crippen LogP contribution >= 0.6 is 15.9 Å². The highest BCUT2D eigenvalue weighted by Gasteiger charge is 2.30. The van der Waals surface area contributed by atoms with Gasteiger partial charge in [0.05, 0.1) is 5.69 Å². The summed E-state index contributed by atoms with van der Waals surface area (Å²) in [5, 5.41) is 11.6. The molecule has 0 saturated heterocycles. The van der Waals surface area contributed by atoms with Crippen molar-refractivity contribution in [2.75, 3.05) is 5.32 Å². The molecule has 1 amide bonds. The fourth-order valence-electron chi connectivity index (χ4n) is 1.27. The van der Waals surface area contributed by atoms with Crippen LogP contribution < -0.4 is 5.32 Å². The first-order valence-electron chi connectivity index (χ1n) is 3.57. The molecule has 0 spiro atoms. The van der Waals surface area contributed by atoms with Gasteiger partial charge in [0.25, 0.3) is 5.91 Å². The third-order valence-electron chi connectivity index (χ3n) is 1.88. The van der Waals surface area contributed by atoms with E-state index in [4.69, 9.17) is 0 Å². The molecule has 0 fully saturated rings. The lowest BCUT2D eigenvalue weighted by molar-refractivity contribution is -0.123. The zero-order valence-corrected chi connectivity index (χ0v) is 7.93. The lowest BCUT2D eigenvalue weighted by atomic mass is 10.1. The lowest BCUT2D eigenvalue weighted by Gasteiger charge is -2.01. The van der Waals surface area contributed by atoms with Crippen molar-refractivity contribution in [1.29, 1.82) is 0 Å². The van der Waals surface area contributed by atoms with E-state index in [0.29, 0.717) is 4.47 Å². The molecular formula is C8H5BrFNO2. The third kappa shape index (κ3) is 1.24. The van der Waals surface area contributed by atoms with E-state index in [1.165, 1.54) is 12.1 Å². The van der Waals surface area contributed by atoms with E-state index in [2.05, 4.69) is 21.2 Å². The van der Waals surface area contributed by atoms with Gasteiger partial charge in [-0.3, -0.25) is 4.79 Å². The Balaban J connectivity index is 2.63. The van der Waals surface area contributed by atoms with E-state index in [1.807, 2.05) is 0 Å². The first kappa shape index (κ1) is 8.65. The number of anilines is 1. The molecule has 1 aliphatic rings. The summed E-state index contributed by atoms with van der Waals surface area (Å²) in [7, 11) is 0. The molecule has 1 unspecified atom stereocenters. The minimum absolute atomic E-state index is 0.0701. The van der Waals surface area contributed by atoms with E-state index in [9.17, 15) is 14.3 Å². The number of hydrogen-bond acceptors (Lipinski definition) is 2. The van der Waals surface area contributed by atoms with Crippen LogP contribution in [0.1, 0.15) is 11.7 Å². The number of carbonyl (C=O) groups is 1. The number of rotatable bonds is 0. The van der Waals surface area contributed by atoms with Crippen LogP contribution in [0.4, 0.5) is 10.1 Å². The summed E-state index contributed by atoms with van der Waals surface area (Å²) in [6.45, 7) is 0. The van der Waals surface area contributed by atoms with Gasteiger partial charge in [-0.2, -0.15) is 0 Å². The molecule has 1 atom stereocenters. The summed E-state index contributed by atoms with van der Waals surface area (Å²) in [6, 6.07) is 2.75. The van der Waals surface area contributed by atoms with Crippen LogP contribution in [-0.2, 0) is 4.79 Å². The SMILES string of the molecule is O=C1Nc2c(F)cc(Br)cc2C1O. The molecule has 0 saturated carbocycles. The third-order valence-corrected chi connectivity index (χ3v) is 2.33. The van der Waals surface area contributed by atoms with Crippen LogP contribution in [-0.4, -0.2) is 11.0 Å². The molecule has 0 bridgehead atoms. The highest BCUT2D eigenvalue weighted by Crippen LogP contribution is 2.35. The zero-order valence-electron chi connectivity index (χ0n) is 6.34. The van der Waals surface area contributed by atoms with Gasteiger partial charge < -0.3 is 10.4 Å². The van der Waals surface area contributed by atoms with E-state index in [-0.39, 0.29) is 11.3 Å². The molecule has 2 N–H and O–H groups in total. The Morgan fingerprint density at radius 1 is 1.54 bits per heavy atom. The predicted octanol–water partition coefficient (Wildman–Crippen LogP) is 1.57. The molecule has 1 aromatic carbocycles. The Hall–Kier alpha value is -0.940. The van der Waals surface area contributed by atoms with Gasteiger partial charge in [0.1, 0.15) is 5.82 Å². The van der Waals surface area contributed by atoms with Crippen molar-refractivity contribution < 1.29 is 14.3 Å². The molecular weight excluding hydrogens is 241 g/mol. The molecule has 2 rings (SSSR count). The van der Waals surface area contributed by atoms with Crippen molar-refractivity contribution in [3.05, 3.63) is 28.0 Å². The largest absolute Gasteiger partial charge is 0.378 e. The van der Waals surface area contributed by atoms with E-state index in [0.717, 1.165) is 0 Å². The molecule has 0 aliphatic carbocycles. The average Bonchev–Trinajstić information content (AvgIpc) is 2.32. The van der Waals surface area contributed by atoms with Gasteiger partial charge in [-0.25, -0.2) is 4.39 Å². The number of halogens is 2. The van der Waals surface area contributed by atoms with Crippen molar-refractivity contribution >= 4 is 27.5 Å². The molecule has 13 heavy (non-hydrogen) atoms. The maximum atomic E-state index is 13.1. The van der Waals surface area contributed by atoms with E-state index < -0.39 is 17.8 Å². The first-order chi connectivity index (χ1) is 6.09. The summed E-state index contributed by atoms with van der Waals surface area (Å²) in [4.78, 5) is 11.0. The standard InChI is InChI=1S/C8H5BrFNO2/c9-3-1-4-6(5(10)2-3)11-8(13)7(4)12/h1-2,7,12H,(H,11,13). The average molecular weight is 246 g/mol. The van der Waals surface area contributed by atoms with Crippen LogP contribution in [0.2, 0.25) is 0 Å². The molecule has 0 radical (unpaired) electrons. The molecule has 1 aliphatic heterocycles. The zero-order chi connectivity index (χ0) is 9.59. The summed E-state index contributed by atoms with van der Waals surface area (Å²) in [5.74, 6) is -1.14. The van der Waals surface area contributed by atoms with Crippen molar-refractivity contribution in [2.45, 2.75) is 6.10 Å². The number of nitrogens with one attached hydrogen (secondary N) is 1. The molecule has 0 aromatic heterocycles. The van der Waals surface area contributed by atoms with Gasteiger partial charge >= 0.3 is 0 Å². The molecule has 3 nitrogen and oxygen atoms in total. The number of benzene rings is 1. The quantitative estimate of drug-likeness (QED) is 0.730. The Morgan fingerprint density at radius 2 is 2.23 bits per heavy atom. The number of carbonyl (C=O) groups excluding carboxylic acids is 1. The topological polar surface area (TPSA) is 49.3 Å². The van der Waals surface area contributed by atoms with Crippen LogP contribution in [0.5, 0.6) is 0 Å². The van der Waals surface area contributed by atoms with Crippen molar-refractivity contribution in [3.8, 4) is 0 Å². The maximum absolute atomic E-state index is 13.1. The second-order valence-corrected chi connectivity index (χ2v) is 3.66. The van der Waals surface area contributed by atoms with Crippen molar-refractivity contribution in [3.63, 3.8) is 0 Å². The lowest BCUT2D eigenvalue weighted by Crippen LogP contribution is -2.10. The van der Waals surface area contributed by atoms with Gasteiger partial charge in [-0.15, -0.1) is 0 Å². The molecule has 1 heterocycles. The Bertz CT molecular complexity index is 394. The fourth-order valence-corrected chi connectivity index (χ4v) is 1.72. The van der Waals surface area contributed by atoms with Gasteiger partial charge in [0, 0.05) is 10.0 Å². The number of fused-ring (bicyclic) bond motifs is 1. The van der Waals surface area contributed by atoms with Gasteiger partial charge in [-0.05, 0) is 12.1 Å². The predicted molar refractivity (Wildman–Crippen MR) is 47.7 cm³/mol. The van der Waals surface area contributed by atoms with Crippen LogP contribution in [0.15, 0.2) is 16.6 Å². The van der Waals surface area contributed by atoms with Crippen LogP contribution in [0.3, 0.4) is 0 Å². The van der Waals surface area contributed by atoms with Gasteiger partial charge in [0.15, 0.2) is 6.10 Å². The van der Waals surface area contributed by atoms with E-state index >= 15 is 0 Å². The first-order valence-corrected chi connectivity index (χ1v) is 4.37. The fraction of sp³-hybridized carbons (Fsp3) is 0.125. The smallest absolute Gasteiger partial charge is 0.258 e. The van der Waals surface area contributed by atoms with Crippen LogP contribution in [0.25, 0.3) is 0 Å². The summed E-state index contributed by atoms with van der Waals surface area (Å²) >= 11 is 3.07. The normalized spacial score (nSPS) is 19.9. The molecule has 1 aromatic rings. The highest BCUT2D eigenvalue weighted by atomic mass is 79.9. The highest BCUT2D eigenvalue weighted by molar-refractivity contribution is 9.10. The van der Waals surface area contributed by atoms with Gasteiger partial charge in [-0.1, -0.05) is 15.9 Å². The maximum Gasteiger partial charge on any atom is 0.258 e. The van der Waals surface area contributed by atoms with Crippen LogP contribution in [0, 0.1) is 5.82 Å². The second-order valence-electron chi connectivity index (χ2n) is 2.74. The minimum atomic E-state index is -1.26. The Labute approximate surface area is 81.7 Å².